The van der Waals surface area contributed by atoms with Gasteiger partial charge >= 0.3 is 0 Å². The Morgan fingerprint density at radius 2 is 1.78 bits per heavy atom. The number of hydrogen-bond acceptors (Lipinski definition) is 3. The van der Waals surface area contributed by atoms with E-state index in [4.69, 9.17) is 4.74 Å². The van der Waals surface area contributed by atoms with Crippen LogP contribution in [0.3, 0.4) is 0 Å². The van der Waals surface area contributed by atoms with Crippen molar-refractivity contribution in [1.29, 1.82) is 0 Å². The molecule has 32 heavy (non-hydrogen) atoms. The molecular weight excluding hydrogens is 398 g/mol. The van der Waals surface area contributed by atoms with Gasteiger partial charge in [0, 0.05) is 50.2 Å². The maximum absolute atomic E-state index is 13.5. The van der Waals surface area contributed by atoms with E-state index in [1.165, 1.54) is 5.56 Å². The van der Waals surface area contributed by atoms with Crippen LogP contribution in [0.2, 0.25) is 0 Å². The summed E-state index contributed by atoms with van der Waals surface area (Å²) in [7, 11) is 0. The zero-order valence-electron chi connectivity index (χ0n) is 19.4. The van der Waals surface area contributed by atoms with E-state index < -0.39 is 0 Å². The van der Waals surface area contributed by atoms with Crippen LogP contribution >= 0.6 is 0 Å². The second-order valence-corrected chi connectivity index (χ2v) is 8.24. The molecule has 0 spiro atoms. The third-order valence-electron chi connectivity index (χ3n) is 6.25. The molecule has 0 bridgehead atoms. The van der Waals surface area contributed by atoms with Crippen molar-refractivity contribution in [2.75, 3.05) is 39.3 Å². The number of nitrogens with zero attached hydrogens (tertiary/aromatic N) is 3. The SMILES string of the molecule is CCOc1ccc2c(c1)c(C)c(C(=O)N1CCN(C/C=C/c3ccccc3)CC1)n2CC. The van der Waals surface area contributed by atoms with Gasteiger partial charge < -0.3 is 14.2 Å². The Morgan fingerprint density at radius 3 is 2.47 bits per heavy atom. The van der Waals surface area contributed by atoms with Crippen LogP contribution in [0, 0.1) is 6.92 Å². The Hall–Kier alpha value is -3.05. The van der Waals surface area contributed by atoms with Gasteiger partial charge in [0.2, 0.25) is 0 Å². The Labute approximate surface area is 190 Å². The molecule has 1 aromatic heterocycles. The predicted octanol–water partition coefficient (Wildman–Crippen LogP) is 4.84. The molecule has 4 rings (SSSR count). The van der Waals surface area contributed by atoms with Crippen LogP contribution in [0.1, 0.15) is 35.5 Å². The van der Waals surface area contributed by atoms with Crippen LogP contribution in [-0.4, -0.2) is 59.6 Å². The monoisotopic (exact) mass is 431 g/mol. The van der Waals surface area contributed by atoms with E-state index in [0.29, 0.717) is 6.61 Å². The number of rotatable bonds is 7. The van der Waals surface area contributed by atoms with Crippen molar-refractivity contribution in [3.8, 4) is 5.75 Å². The highest BCUT2D eigenvalue weighted by atomic mass is 16.5. The minimum absolute atomic E-state index is 0.137. The molecule has 168 valence electrons. The van der Waals surface area contributed by atoms with E-state index in [-0.39, 0.29) is 5.91 Å². The van der Waals surface area contributed by atoms with Gasteiger partial charge in [0.1, 0.15) is 11.4 Å². The highest BCUT2D eigenvalue weighted by molar-refractivity contribution is 6.02. The van der Waals surface area contributed by atoms with Gasteiger partial charge in [-0.25, -0.2) is 0 Å². The summed E-state index contributed by atoms with van der Waals surface area (Å²) >= 11 is 0. The summed E-state index contributed by atoms with van der Waals surface area (Å²) in [5, 5.41) is 1.10. The first-order chi connectivity index (χ1) is 15.6. The molecule has 2 aromatic carbocycles. The molecule has 1 aliphatic rings. The van der Waals surface area contributed by atoms with Crippen molar-refractivity contribution < 1.29 is 9.53 Å². The lowest BCUT2D eigenvalue weighted by molar-refractivity contribution is 0.0639. The lowest BCUT2D eigenvalue weighted by atomic mass is 10.1. The average Bonchev–Trinajstić information content (AvgIpc) is 3.11. The minimum Gasteiger partial charge on any atom is -0.494 e. The van der Waals surface area contributed by atoms with E-state index >= 15 is 0 Å². The van der Waals surface area contributed by atoms with Crippen molar-refractivity contribution in [2.45, 2.75) is 27.3 Å². The van der Waals surface area contributed by atoms with Gasteiger partial charge in [-0.3, -0.25) is 9.69 Å². The fourth-order valence-corrected chi connectivity index (χ4v) is 4.55. The van der Waals surface area contributed by atoms with Gasteiger partial charge in [0.05, 0.1) is 6.61 Å². The second-order valence-electron chi connectivity index (χ2n) is 8.24. The Kier molecular flexibility index (Phi) is 6.96. The molecule has 1 amide bonds. The lowest BCUT2D eigenvalue weighted by Gasteiger charge is -2.34. The number of amides is 1. The highest BCUT2D eigenvalue weighted by Crippen LogP contribution is 2.30. The van der Waals surface area contributed by atoms with E-state index in [2.05, 4.69) is 71.9 Å². The summed E-state index contributed by atoms with van der Waals surface area (Å²) < 4.78 is 7.84. The van der Waals surface area contributed by atoms with Gasteiger partial charge in [-0.2, -0.15) is 0 Å². The number of ether oxygens (including phenoxy) is 1. The first-order valence-corrected chi connectivity index (χ1v) is 11.6. The van der Waals surface area contributed by atoms with Crippen LogP contribution in [0.25, 0.3) is 17.0 Å². The molecule has 2 heterocycles. The quantitative estimate of drug-likeness (QED) is 0.537. The Bertz CT molecular complexity index is 1090. The normalized spacial score (nSPS) is 15.0. The largest absolute Gasteiger partial charge is 0.494 e. The molecule has 0 unspecified atom stereocenters. The van der Waals surface area contributed by atoms with Crippen molar-refractivity contribution in [3.05, 3.63) is 71.4 Å². The van der Waals surface area contributed by atoms with Crippen molar-refractivity contribution in [1.82, 2.24) is 14.4 Å². The Balaban J connectivity index is 1.44. The number of aryl methyl sites for hydroxylation is 2. The van der Waals surface area contributed by atoms with E-state index in [0.717, 1.165) is 67.2 Å². The van der Waals surface area contributed by atoms with Crippen LogP contribution in [-0.2, 0) is 6.54 Å². The second kappa shape index (κ2) is 10.0. The van der Waals surface area contributed by atoms with E-state index in [1.807, 2.05) is 24.0 Å². The fraction of sp³-hybridized carbons (Fsp3) is 0.370. The van der Waals surface area contributed by atoms with Crippen molar-refractivity contribution in [2.24, 2.45) is 0 Å². The lowest BCUT2D eigenvalue weighted by Crippen LogP contribution is -2.49. The first kappa shape index (κ1) is 22.2. The summed E-state index contributed by atoms with van der Waals surface area (Å²) in [4.78, 5) is 17.9. The molecule has 1 fully saturated rings. The molecule has 0 saturated carbocycles. The van der Waals surface area contributed by atoms with Crippen LogP contribution in [0.5, 0.6) is 5.75 Å². The molecule has 1 saturated heterocycles. The topological polar surface area (TPSA) is 37.7 Å². The van der Waals surface area contributed by atoms with Gasteiger partial charge in [0.25, 0.3) is 5.91 Å². The molecule has 3 aromatic rings. The molecular formula is C27H33N3O2. The van der Waals surface area contributed by atoms with Gasteiger partial charge in [-0.1, -0.05) is 42.5 Å². The zero-order valence-corrected chi connectivity index (χ0v) is 19.4. The van der Waals surface area contributed by atoms with E-state index in [9.17, 15) is 4.79 Å². The number of carbonyl (C=O) groups excluding carboxylic acids is 1. The third kappa shape index (κ3) is 4.58. The number of carbonyl (C=O) groups is 1. The van der Waals surface area contributed by atoms with Crippen molar-refractivity contribution in [3.63, 3.8) is 0 Å². The fourth-order valence-electron chi connectivity index (χ4n) is 4.55. The van der Waals surface area contributed by atoms with Gasteiger partial charge in [-0.05, 0) is 50.1 Å². The molecule has 0 atom stereocenters. The summed E-state index contributed by atoms with van der Waals surface area (Å²) in [6.07, 6.45) is 4.37. The summed E-state index contributed by atoms with van der Waals surface area (Å²) in [6.45, 7) is 11.8. The number of aromatic nitrogens is 1. The minimum atomic E-state index is 0.137. The summed E-state index contributed by atoms with van der Waals surface area (Å²) in [5.74, 6) is 0.991. The predicted molar refractivity (Wildman–Crippen MR) is 131 cm³/mol. The molecule has 0 N–H and O–H groups in total. The summed E-state index contributed by atoms with van der Waals surface area (Å²) in [5.41, 5.74) is 4.17. The highest BCUT2D eigenvalue weighted by Gasteiger charge is 2.27. The number of benzene rings is 2. The zero-order chi connectivity index (χ0) is 22.5. The molecule has 0 radical (unpaired) electrons. The third-order valence-corrected chi connectivity index (χ3v) is 6.25. The van der Waals surface area contributed by atoms with Gasteiger partial charge in [0.15, 0.2) is 0 Å². The maximum Gasteiger partial charge on any atom is 0.270 e. The molecule has 5 heteroatoms. The van der Waals surface area contributed by atoms with Crippen LogP contribution in [0.4, 0.5) is 0 Å². The standard InChI is InChI=1S/C27H33N3O2/c1-4-30-25-14-13-23(32-5-2)20-24(25)21(3)26(30)27(31)29-18-16-28(17-19-29)15-9-12-22-10-7-6-8-11-22/h6-14,20H,4-5,15-19H2,1-3H3/b12-9+. The maximum atomic E-state index is 13.5. The van der Waals surface area contributed by atoms with Crippen molar-refractivity contribution >= 4 is 22.9 Å². The molecule has 0 aliphatic carbocycles. The number of fused-ring (bicyclic) bond motifs is 1. The number of hydrogen-bond donors (Lipinski definition) is 0. The number of piperazine rings is 1. The van der Waals surface area contributed by atoms with E-state index in [1.54, 1.807) is 0 Å². The van der Waals surface area contributed by atoms with Crippen LogP contribution < -0.4 is 4.74 Å². The molecule has 1 aliphatic heterocycles. The van der Waals surface area contributed by atoms with Crippen LogP contribution in [0.15, 0.2) is 54.6 Å². The van der Waals surface area contributed by atoms with Gasteiger partial charge in [-0.15, -0.1) is 0 Å². The Morgan fingerprint density at radius 1 is 1.03 bits per heavy atom. The molecule has 5 nitrogen and oxygen atoms in total. The summed E-state index contributed by atoms with van der Waals surface area (Å²) in [6, 6.07) is 16.5. The smallest absolute Gasteiger partial charge is 0.270 e. The first-order valence-electron chi connectivity index (χ1n) is 11.6. The average molecular weight is 432 g/mol.